The molecule has 0 atom stereocenters. The quantitative estimate of drug-likeness (QED) is 0.694. The summed E-state index contributed by atoms with van der Waals surface area (Å²) in [6.07, 6.45) is 6.82. The second kappa shape index (κ2) is 7.69. The first-order valence-corrected chi connectivity index (χ1v) is 8.20. The summed E-state index contributed by atoms with van der Waals surface area (Å²) in [6, 6.07) is 7.64. The van der Waals surface area contributed by atoms with Gasteiger partial charge in [-0.3, -0.25) is 9.48 Å². The Morgan fingerprint density at radius 1 is 1.29 bits per heavy atom. The van der Waals surface area contributed by atoms with Crippen molar-refractivity contribution in [2.75, 3.05) is 5.32 Å². The van der Waals surface area contributed by atoms with Crippen LogP contribution < -0.4 is 5.32 Å². The minimum absolute atomic E-state index is 0.0552. The second-order valence-corrected chi connectivity index (χ2v) is 6.11. The molecule has 0 saturated heterocycles. The molecule has 24 heavy (non-hydrogen) atoms. The molecule has 2 heterocycles. The molecule has 0 saturated carbocycles. The summed E-state index contributed by atoms with van der Waals surface area (Å²) in [4.78, 5) is 25.3. The van der Waals surface area contributed by atoms with Gasteiger partial charge in [0, 0.05) is 29.4 Å². The molecule has 0 unspecified atom stereocenters. The summed E-state index contributed by atoms with van der Waals surface area (Å²) in [5.41, 5.74) is 1.79. The molecule has 0 spiro atoms. The molecule has 1 N–H and O–H groups in total. The lowest BCUT2D eigenvalue weighted by Crippen LogP contribution is -2.15. The van der Waals surface area contributed by atoms with Crippen molar-refractivity contribution in [2.24, 2.45) is 0 Å². The highest BCUT2D eigenvalue weighted by atomic mass is 32.2. The van der Waals surface area contributed by atoms with Crippen LogP contribution >= 0.6 is 11.8 Å². The third-order valence-electron chi connectivity index (χ3n) is 3.26. The second-order valence-electron chi connectivity index (χ2n) is 5.07. The van der Waals surface area contributed by atoms with Gasteiger partial charge in [-0.25, -0.2) is 15.0 Å². The molecular formula is C16H16N6OS. The van der Waals surface area contributed by atoms with Crippen molar-refractivity contribution in [3.05, 3.63) is 54.9 Å². The SMILES string of the molecule is Cc1cc(Sc2ncccn2)ccc1NC(=O)CCn1cncn1. The Hall–Kier alpha value is -2.74. The fraction of sp³-hybridized carbons (Fsp3) is 0.188. The molecule has 0 aliphatic carbocycles. The maximum atomic E-state index is 12.0. The van der Waals surface area contributed by atoms with Crippen LogP contribution in [0.4, 0.5) is 5.69 Å². The Morgan fingerprint density at radius 3 is 2.83 bits per heavy atom. The van der Waals surface area contributed by atoms with Gasteiger partial charge in [0.05, 0.1) is 6.54 Å². The van der Waals surface area contributed by atoms with E-state index in [9.17, 15) is 4.79 Å². The molecule has 3 rings (SSSR count). The van der Waals surface area contributed by atoms with E-state index >= 15 is 0 Å². The van der Waals surface area contributed by atoms with Crippen molar-refractivity contribution in [1.82, 2.24) is 24.7 Å². The molecule has 2 aromatic heterocycles. The fourth-order valence-corrected chi connectivity index (χ4v) is 2.87. The minimum atomic E-state index is -0.0552. The van der Waals surface area contributed by atoms with Crippen molar-refractivity contribution in [3.8, 4) is 0 Å². The Morgan fingerprint density at radius 2 is 2.12 bits per heavy atom. The molecule has 1 aromatic carbocycles. The van der Waals surface area contributed by atoms with Gasteiger partial charge in [-0.2, -0.15) is 5.10 Å². The van der Waals surface area contributed by atoms with Crippen molar-refractivity contribution in [1.29, 1.82) is 0 Å². The van der Waals surface area contributed by atoms with Crippen molar-refractivity contribution < 1.29 is 4.79 Å². The van der Waals surface area contributed by atoms with Crippen molar-refractivity contribution in [3.63, 3.8) is 0 Å². The molecule has 7 nitrogen and oxygen atoms in total. The zero-order valence-electron chi connectivity index (χ0n) is 13.1. The van der Waals surface area contributed by atoms with Gasteiger partial charge in [0.2, 0.25) is 5.91 Å². The number of amides is 1. The van der Waals surface area contributed by atoms with Crippen LogP contribution in [0.3, 0.4) is 0 Å². The zero-order chi connectivity index (χ0) is 16.8. The van der Waals surface area contributed by atoms with E-state index in [0.717, 1.165) is 16.1 Å². The number of hydrogen-bond donors (Lipinski definition) is 1. The van der Waals surface area contributed by atoms with Gasteiger partial charge in [0.1, 0.15) is 12.7 Å². The van der Waals surface area contributed by atoms with E-state index in [0.29, 0.717) is 18.1 Å². The number of aromatic nitrogens is 5. The minimum Gasteiger partial charge on any atom is -0.326 e. The molecule has 0 bridgehead atoms. The number of nitrogens with zero attached hydrogens (tertiary/aromatic N) is 5. The van der Waals surface area contributed by atoms with E-state index in [2.05, 4.69) is 25.4 Å². The van der Waals surface area contributed by atoms with E-state index in [1.807, 2.05) is 25.1 Å². The Labute approximate surface area is 143 Å². The summed E-state index contributed by atoms with van der Waals surface area (Å²) in [6.45, 7) is 2.47. The van der Waals surface area contributed by atoms with Gasteiger partial charge in [0.15, 0.2) is 5.16 Å². The average Bonchev–Trinajstić information content (AvgIpc) is 3.10. The lowest BCUT2D eigenvalue weighted by molar-refractivity contribution is -0.116. The normalized spacial score (nSPS) is 10.5. The first-order chi connectivity index (χ1) is 11.7. The predicted octanol–water partition coefficient (Wildman–Crippen LogP) is 2.56. The van der Waals surface area contributed by atoms with Crippen LogP contribution in [0.1, 0.15) is 12.0 Å². The molecule has 3 aromatic rings. The topological polar surface area (TPSA) is 85.6 Å². The predicted molar refractivity (Wildman–Crippen MR) is 90.6 cm³/mol. The molecule has 122 valence electrons. The standard InChI is InChI=1S/C16H16N6OS/c1-12-9-13(24-16-18-6-2-7-19-16)3-4-14(12)21-15(23)5-8-22-11-17-10-20-22/h2-4,6-7,9-11H,5,8H2,1H3,(H,21,23). The van der Waals surface area contributed by atoms with Gasteiger partial charge in [-0.15, -0.1) is 0 Å². The smallest absolute Gasteiger partial charge is 0.226 e. The molecule has 0 aliphatic rings. The van der Waals surface area contributed by atoms with E-state index in [1.165, 1.54) is 18.1 Å². The molecule has 0 radical (unpaired) electrons. The molecule has 1 amide bonds. The molecule has 0 fully saturated rings. The van der Waals surface area contributed by atoms with Crippen LogP contribution in [0.15, 0.2) is 59.4 Å². The Kier molecular flexibility index (Phi) is 5.17. The van der Waals surface area contributed by atoms with E-state index in [1.54, 1.807) is 29.5 Å². The van der Waals surface area contributed by atoms with E-state index in [4.69, 9.17) is 0 Å². The maximum absolute atomic E-state index is 12.0. The number of benzene rings is 1. The van der Waals surface area contributed by atoms with Crippen LogP contribution in [-0.2, 0) is 11.3 Å². The number of anilines is 1. The first kappa shape index (κ1) is 16.1. The number of rotatable bonds is 6. The molecule has 8 heteroatoms. The van der Waals surface area contributed by atoms with Gasteiger partial charge < -0.3 is 5.32 Å². The number of carbonyl (C=O) groups excluding carboxylic acids is 1. The summed E-state index contributed by atoms with van der Waals surface area (Å²) in [7, 11) is 0. The molecular weight excluding hydrogens is 324 g/mol. The summed E-state index contributed by atoms with van der Waals surface area (Å²) < 4.78 is 1.63. The van der Waals surface area contributed by atoms with Crippen LogP contribution in [0.2, 0.25) is 0 Å². The maximum Gasteiger partial charge on any atom is 0.226 e. The van der Waals surface area contributed by atoms with Gasteiger partial charge in [-0.1, -0.05) is 0 Å². The Bertz CT molecular complexity index is 807. The van der Waals surface area contributed by atoms with Gasteiger partial charge in [-0.05, 0) is 48.5 Å². The molecule has 0 aliphatic heterocycles. The number of nitrogens with one attached hydrogen (secondary N) is 1. The summed E-state index contributed by atoms with van der Waals surface area (Å²) >= 11 is 1.48. The number of aryl methyl sites for hydroxylation is 2. The van der Waals surface area contributed by atoms with Crippen LogP contribution in [-0.4, -0.2) is 30.6 Å². The number of hydrogen-bond acceptors (Lipinski definition) is 6. The van der Waals surface area contributed by atoms with E-state index in [-0.39, 0.29) is 5.91 Å². The number of carbonyl (C=O) groups is 1. The average molecular weight is 340 g/mol. The zero-order valence-corrected chi connectivity index (χ0v) is 13.9. The summed E-state index contributed by atoms with van der Waals surface area (Å²) in [5.74, 6) is -0.0552. The lowest BCUT2D eigenvalue weighted by Gasteiger charge is -2.10. The van der Waals surface area contributed by atoms with Gasteiger partial charge in [0.25, 0.3) is 0 Å². The van der Waals surface area contributed by atoms with Crippen molar-refractivity contribution in [2.45, 2.75) is 29.9 Å². The van der Waals surface area contributed by atoms with Crippen molar-refractivity contribution >= 4 is 23.4 Å². The van der Waals surface area contributed by atoms with E-state index < -0.39 is 0 Å². The van der Waals surface area contributed by atoms with Crippen LogP contribution in [0, 0.1) is 6.92 Å². The monoisotopic (exact) mass is 340 g/mol. The third kappa shape index (κ3) is 4.39. The third-order valence-corrected chi connectivity index (χ3v) is 4.14. The summed E-state index contributed by atoms with van der Waals surface area (Å²) in [5, 5.41) is 7.59. The highest BCUT2D eigenvalue weighted by Gasteiger charge is 2.07. The highest BCUT2D eigenvalue weighted by molar-refractivity contribution is 7.99. The lowest BCUT2D eigenvalue weighted by atomic mass is 10.2. The Balaban J connectivity index is 1.59. The van der Waals surface area contributed by atoms with Crippen LogP contribution in [0.25, 0.3) is 0 Å². The van der Waals surface area contributed by atoms with Gasteiger partial charge >= 0.3 is 0 Å². The largest absolute Gasteiger partial charge is 0.326 e. The first-order valence-electron chi connectivity index (χ1n) is 7.38. The fourth-order valence-electron chi connectivity index (χ4n) is 2.06. The highest BCUT2D eigenvalue weighted by Crippen LogP contribution is 2.27. The van der Waals surface area contributed by atoms with Crippen LogP contribution in [0.5, 0.6) is 0 Å².